The lowest BCUT2D eigenvalue weighted by Gasteiger charge is -2.43. The van der Waals surface area contributed by atoms with Crippen molar-refractivity contribution in [2.24, 2.45) is 0 Å². The molecule has 2 amide bonds. The summed E-state index contributed by atoms with van der Waals surface area (Å²) in [5.41, 5.74) is -0.0740. The van der Waals surface area contributed by atoms with E-state index in [2.05, 4.69) is 12.2 Å². The minimum atomic E-state index is -0.838. The predicted molar refractivity (Wildman–Crippen MR) is 70.9 cm³/mol. The summed E-state index contributed by atoms with van der Waals surface area (Å²) in [6.07, 6.45) is 3.23. The van der Waals surface area contributed by atoms with E-state index in [0.717, 1.165) is 30.8 Å². The lowest BCUT2D eigenvalue weighted by Crippen LogP contribution is -2.59. The Hall–Kier alpha value is -0.910. The van der Waals surface area contributed by atoms with Crippen molar-refractivity contribution in [3.8, 4) is 0 Å². The van der Waals surface area contributed by atoms with E-state index in [4.69, 9.17) is 5.11 Å². The quantitative estimate of drug-likeness (QED) is 0.817. The average Bonchev–Trinajstić information content (AvgIpc) is 2.26. The van der Waals surface area contributed by atoms with Crippen molar-refractivity contribution in [1.29, 1.82) is 0 Å². The minimum Gasteiger partial charge on any atom is -0.481 e. The molecule has 1 aliphatic carbocycles. The summed E-state index contributed by atoms with van der Waals surface area (Å²) < 4.78 is 0. The Kier molecular flexibility index (Phi) is 4.04. The molecule has 1 atom stereocenters. The number of nitrogens with zero attached hydrogens (tertiary/aromatic N) is 1. The maximum absolute atomic E-state index is 12.2. The fourth-order valence-corrected chi connectivity index (χ4v) is 3.52. The van der Waals surface area contributed by atoms with Crippen molar-refractivity contribution in [3.63, 3.8) is 0 Å². The monoisotopic (exact) mass is 272 g/mol. The largest absolute Gasteiger partial charge is 0.481 e. The second kappa shape index (κ2) is 5.38. The zero-order valence-corrected chi connectivity index (χ0v) is 11.5. The third-order valence-corrected chi connectivity index (χ3v) is 4.86. The van der Waals surface area contributed by atoms with Gasteiger partial charge in [0.05, 0.1) is 12.5 Å². The van der Waals surface area contributed by atoms with Crippen LogP contribution in [-0.4, -0.2) is 51.6 Å². The molecule has 1 saturated heterocycles. The molecule has 1 unspecified atom stereocenters. The fourth-order valence-electron chi connectivity index (χ4n) is 2.45. The van der Waals surface area contributed by atoms with Gasteiger partial charge in [0.25, 0.3) is 0 Å². The molecule has 102 valence electrons. The van der Waals surface area contributed by atoms with Crippen LogP contribution in [-0.2, 0) is 4.79 Å². The molecule has 0 bridgehead atoms. The van der Waals surface area contributed by atoms with Crippen LogP contribution in [0.1, 0.15) is 32.6 Å². The summed E-state index contributed by atoms with van der Waals surface area (Å²) in [5, 5.41) is 11.9. The molecule has 2 N–H and O–H groups in total. The summed E-state index contributed by atoms with van der Waals surface area (Å²) in [6.45, 7) is 2.70. The molecular weight excluding hydrogens is 252 g/mol. The molecule has 2 rings (SSSR count). The normalized spacial score (nSPS) is 26.3. The molecular formula is C12H20N2O3S. The first-order chi connectivity index (χ1) is 8.50. The van der Waals surface area contributed by atoms with Gasteiger partial charge >= 0.3 is 12.0 Å². The van der Waals surface area contributed by atoms with Crippen LogP contribution in [0.15, 0.2) is 0 Å². The van der Waals surface area contributed by atoms with Crippen molar-refractivity contribution < 1.29 is 14.7 Å². The fraction of sp³-hybridized carbons (Fsp3) is 0.833. The van der Waals surface area contributed by atoms with Crippen molar-refractivity contribution >= 4 is 23.8 Å². The van der Waals surface area contributed by atoms with Gasteiger partial charge in [0.1, 0.15) is 0 Å². The van der Waals surface area contributed by atoms with Crippen LogP contribution in [0.25, 0.3) is 0 Å². The van der Waals surface area contributed by atoms with Gasteiger partial charge in [-0.2, -0.15) is 11.8 Å². The maximum atomic E-state index is 12.2. The van der Waals surface area contributed by atoms with E-state index in [1.54, 1.807) is 16.7 Å². The van der Waals surface area contributed by atoms with E-state index in [-0.39, 0.29) is 24.0 Å². The first kappa shape index (κ1) is 13.5. The Labute approximate surface area is 111 Å². The van der Waals surface area contributed by atoms with E-state index in [1.807, 2.05) is 0 Å². The number of aliphatic carboxylic acids is 1. The Morgan fingerprint density at radius 3 is 2.78 bits per heavy atom. The number of hydrogen-bond acceptors (Lipinski definition) is 3. The number of carboxylic acids is 1. The first-order valence-electron chi connectivity index (χ1n) is 6.38. The molecule has 18 heavy (non-hydrogen) atoms. The summed E-state index contributed by atoms with van der Waals surface area (Å²) in [5.74, 6) is 0.770. The Morgan fingerprint density at radius 1 is 1.50 bits per heavy atom. The number of thioether (sulfide) groups is 1. The first-order valence-corrected chi connectivity index (χ1v) is 7.54. The van der Waals surface area contributed by atoms with Crippen molar-refractivity contribution in [1.82, 2.24) is 10.2 Å². The molecule has 1 saturated carbocycles. The number of rotatable bonds is 3. The van der Waals surface area contributed by atoms with E-state index in [9.17, 15) is 9.59 Å². The van der Waals surface area contributed by atoms with E-state index in [0.29, 0.717) is 6.54 Å². The van der Waals surface area contributed by atoms with Crippen LogP contribution in [0.5, 0.6) is 0 Å². The van der Waals surface area contributed by atoms with Crippen molar-refractivity contribution in [2.45, 2.75) is 44.2 Å². The third-order valence-electron chi connectivity index (χ3n) is 3.76. The van der Waals surface area contributed by atoms with Crippen molar-refractivity contribution in [2.75, 3.05) is 18.1 Å². The van der Waals surface area contributed by atoms with Crippen LogP contribution in [0.3, 0.4) is 0 Å². The number of carbonyl (C=O) groups is 2. The highest BCUT2D eigenvalue weighted by molar-refractivity contribution is 7.99. The summed E-state index contributed by atoms with van der Waals surface area (Å²) in [6, 6.07) is -0.270. The van der Waals surface area contributed by atoms with Gasteiger partial charge in [0, 0.05) is 23.6 Å². The second-order valence-electron chi connectivity index (χ2n) is 5.36. The van der Waals surface area contributed by atoms with Crippen LogP contribution in [0.2, 0.25) is 0 Å². The van der Waals surface area contributed by atoms with Crippen LogP contribution >= 0.6 is 11.8 Å². The Morgan fingerprint density at radius 2 is 2.22 bits per heavy atom. The molecule has 6 heteroatoms. The van der Waals surface area contributed by atoms with E-state index >= 15 is 0 Å². The molecule has 1 heterocycles. The SMILES string of the molecule is CC1(NC(=O)N2CCSCC2CC(=O)O)CCC1. The molecule has 0 aromatic rings. The molecule has 5 nitrogen and oxygen atoms in total. The van der Waals surface area contributed by atoms with Crippen LogP contribution in [0, 0.1) is 0 Å². The van der Waals surface area contributed by atoms with E-state index < -0.39 is 5.97 Å². The molecule has 0 aromatic heterocycles. The summed E-state index contributed by atoms with van der Waals surface area (Å²) >= 11 is 1.72. The highest BCUT2D eigenvalue weighted by atomic mass is 32.2. The second-order valence-corrected chi connectivity index (χ2v) is 6.51. The van der Waals surface area contributed by atoms with Gasteiger partial charge in [-0.15, -0.1) is 0 Å². The number of hydrogen-bond donors (Lipinski definition) is 2. The van der Waals surface area contributed by atoms with Gasteiger partial charge in [-0.25, -0.2) is 4.79 Å². The van der Waals surface area contributed by atoms with Gasteiger partial charge in [0.2, 0.25) is 0 Å². The zero-order valence-electron chi connectivity index (χ0n) is 10.6. The topological polar surface area (TPSA) is 69.6 Å². The van der Waals surface area contributed by atoms with E-state index in [1.165, 1.54) is 0 Å². The number of carbonyl (C=O) groups excluding carboxylic acids is 1. The van der Waals surface area contributed by atoms with Crippen molar-refractivity contribution in [3.05, 3.63) is 0 Å². The zero-order chi connectivity index (χ0) is 13.2. The lowest BCUT2D eigenvalue weighted by molar-refractivity contribution is -0.138. The molecule has 0 spiro atoms. The predicted octanol–water partition coefficient (Wildman–Crippen LogP) is 1.53. The van der Waals surface area contributed by atoms with Crippen LogP contribution < -0.4 is 5.32 Å². The van der Waals surface area contributed by atoms with Gasteiger partial charge in [-0.05, 0) is 26.2 Å². The van der Waals surface area contributed by atoms with Gasteiger partial charge in [0.15, 0.2) is 0 Å². The smallest absolute Gasteiger partial charge is 0.318 e. The molecule has 0 aromatic carbocycles. The summed E-state index contributed by atoms with van der Waals surface area (Å²) in [7, 11) is 0. The average molecular weight is 272 g/mol. The number of amides is 2. The minimum absolute atomic E-state index is 0.0388. The van der Waals surface area contributed by atoms with Gasteiger partial charge < -0.3 is 15.3 Å². The highest BCUT2D eigenvalue weighted by Crippen LogP contribution is 2.31. The lowest BCUT2D eigenvalue weighted by atomic mass is 9.79. The third kappa shape index (κ3) is 3.10. The summed E-state index contributed by atoms with van der Waals surface area (Å²) in [4.78, 5) is 24.7. The molecule has 0 radical (unpaired) electrons. The Balaban J connectivity index is 1.94. The highest BCUT2D eigenvalue weighted by Gasteiger charge is 2.36. The molecule has 1 aliphatic heterocycles. The molecule has 2 fully saturated rings. The number of urea groups is 1. The van der Waals surface area contributed by atoms with Gasteiger partial charge in [-0.1, -0.05) is 0 Å². The Bertz CT molecular complexity index is 344. The number of nitrogens with one attached hydrogen (secondary N) is 1. The molecule has 2 aliphatic rings. The number of carboxylic acid groups (broad SMARTS) is 1. The van der Waals surface area contributed by atoms with Crippen LogP contribution in [0.4, 0.5) is 4.79 Å². The maximum Gasteiger partial charge on any atom is 0.318 e. The van der Waals surface area contributed by atoms with Gasteiger partial charge in [-0.3, -0.25) is 4.79 Å². The standard InChI is InChI=1S/C12H20N2O3S/c1-12(3-2-4-12)13-11(17)14-5-6-18-8-9(14)7-10(15)16/h9H,2-8H2,1H3,(H,13,17)(H,15,16).